The van der Waals surface area contributed by atoms with Gasteiger partial charge in [-0.3, -0.25) is 4.79 Å². The number of carbonyl (C=O) groups excluding carboxylic acids is 1. The summed E-state index contributed by atoms with van der Waals surface area (Å²) in [4.78, 5) is 16.8. The fourth-order valence-electron chi connectivity index (χ4n) is 2.30. The fraction of sp³-hybridized carbons (Fsp3) is 0.100. The molecule has 0 aliphatic carbocycles. The van der Waals surface area contributed by atoms with E-state index >= 15 is 0 Å². The number of benzene rings is 2. The number of rotatable bonds is 6. The molecule has 5 nitrogen and oxygen atoms in total. The molecular formula is C20H18N2O3S. The number of amides is 1. The number of amidine groups is 1. The van der Waals surface area contributed by atoms with Gasteiger partial charge in [-0.15, -0.1) is 0 Å². The van der Waals surface area contributed by atoms with Crippen LogP contribution in [0.25, 0.3) is 6.08 Å². The van der Waals surface area contributed by atoms with Crippen molar-refractivity contribution in [2.45, 2.75) is 0 Å². The summed E-state index contributed by atoms with van der Waals surface area (Å²) in [5, 5.41) is 3.70. The minimum absolute atomic E-state index is 0.264. The highest BCUT2D eigenvalue weighted by molar-refractivity contribution is 8.18. The van der Waals surface area contributed by atoms with E-state index in [2.05, 4.69) is 16.9 Å². The van der Waals surface area contributed by atoms with Gasteiger partial charge < -0.3 is 14.8 Å². The maximum atomic E-state index is 12.2. The first-order valence-corrected chi connectivity index (χ1v) is 8.77. The molecule has 0 unspecified atom stereocenters. The van der Waals surface area contributed by atoms with Crippen molar-refractivity contribution < 1.29 is 14.3 Å². The highest BCUT2D eigenvalue weighted by Crippen LogP contribution is 2.32. The van der Waals surface area contributed by atoms with E-state index < -0.39 is 0 Å². The Kier molecular flexibility index (Phi) is 5.76. The molecule has 0 saturated heterocycles. The van der Waals surface area contributed by atoms with Crippen molar-refractivity contribution in [2.24, 2.45) is 4.99 Å². The number of aliphatic imine (C=N–C) groups is 1. The number of anilines is 1. The lowest BCUT2D eigenvalue weighted by molar-refractivity contribution is -0.113. The lowest BCUT2D eigenvalue weighted by atomic mass is 10.2. The lowest BCUT2D eigenvalue weighted by Crippen LogP contribution is -2.04. The first-order valence-electron chi connectivity index (χ1n) is 7.96. The molecule has 0 saturated carbocycles. The van der Waals surface area contributed by atoms with Crippen molar-refractivity contribution in [3.05, 3.63) is 71.7 Å². The van der Waals surface area contributed by atoms with Crippen LogP contribution in [0.1, 0.15) is 5.56 Å². The number of thioether (sulfide) groups is 1. The smallest absolute Gasteiger partial charge is 0.286 e. The first-order chi connectivity index (χ1) is 12.7. The van der Waals surface area contributed by atoms with Crippen molar-refractivity contribution in [3.8, 4) is 11.5 Å². The van der Waals surface area contributed by atoms with E-state index in [-0.39, 0.29) is 5.91 Å². The van der Waals surface area contributed by atoms with E-state index in [1.54, 1.807) is 19.3 Å². The highest BCUT2D eigenvalue weighted by atomic mass is 32.2. The van der Waals surface area contributed by atoms with Gasteiger partial charge in [-0.05, 0) is 47.7 Å². The zero-order chi connectivity index (χ0) is 18.4. The molecule has 1 N–H and O–H groups in total. The summed E-state index contributed by atoms with van der Waals surface area (Å²) in [6, 6.07) is 15.1. The third-order valence-corrected chi connectivity index (χ3v) is 4.39. The summed E-state index contributed by atoms with van der Waals surface area (Å²) in [6.45, 7) is 4.02. The van der Waals surface area contributed by atoms with Gasteiger partial charge in [0.25, 0.3) is 5.91 Å². The summed E-state index contributed by atoms with van der Waals surface area (Å²) >= 11 is 1.31. The predicted octanol–water partition coefficient (Wildman–Crippen LogP) is 4.34. The first kappa shape index (κ1) is 17.8. The van der Waals surface area contributed by atoms with Crippen LogP contribution in [0.5, 0.6) is 11.5 Å². The van der Waals surface area contributed by atoms with Gasteiger partial charge in [0.2, 0.25) is 0 Å². The molecule has 2 aromatic rings. The highest BCUT2D eigenvalue weighted by Gasteiger charge is 2.22. The van der Waals surface area contributed by atoms with Crippen LogP contribution in [0.15, 0.2) is 71.1 Å². The second kappa shape index (κ2) is 8.40. The molecule has 0 bridgehead atoms. The van der Waals surface area contributed by atoms with Crippen LogP contribution in [0.2, 0.25) is 0 Å². The predicted molar refractivity (Wildman–Crippen MR) is 107 cm³/mol. The van der Waals surface area contributed by atoms with Crippen LogP contribution >= 0.6 is 11.8 Å². The Labute approximate surface area is 156 Å². The molecule has 1 amide bonds. The lowest BCUT2D eigenvalue weighted by Gasteiger charge is -2.10. The maximum absolute atomic E-state index is 12.2. The molecule has 3 rings (SSSR count). The monoisotopic (exact) mass is 366 g/mol. The molecule has 0 fully saturated rings. The molecule has 132 valence electrons. The van der Waals surface area contributed by atoms with Gasteiger partial charge in [-0.25, -0.2) is 0 Å². The van der Waals surface area contributed by atoms with Gasteiger partial charge in [0.15, 0.2) is 16.7 Å². The number of nitrogens with one attached hydrogen (secondary N) is 1. The normalized spacial score (nSPS) is 14.9. The number of nitrogens with zero attached hydrogens (tertiary/aromatic N) is 1. The molecule has 2 aromatic carbocycles. The van der Waals surface area contributed by atoms with Gasteiger partial charge in [-0.1, -0.05) is 36.9 Å². The van der Waals surface area contributed by atoms with Crippen molar-refractivity contribution >= 4 is 34.6 Å². The summed E-state index contributed by atoms with van der Waals surface area (Å²) in [5.41, 5.74) is 1.72. The van der Waals surface area contributed by atoms with E-state index in [9.17, 15) is 4.79 Å². The Bertz CT molecular complexity index is 876. The van der Waals surface area contributed by atoms with E-state index in [0.29, 0.717) is 28.2 Å². The number of ether oxygens (including phenoxy) is 2. The Balaban J connectivity index is 1.74. The quantitative estimate of drug-likeness (QED) is 0.609. The molecule has 1 aliphatic rings. The van der Waals surface area contributed by atoms with Gasteiger partial charge in [0.05, 0.1) is 12.0 Å². The summed E-state index contributed by atoms with van der Waals surface area (Å²) in [5.74, 6) is 0.960. The molecular weight excluding hydrogens is 348 g/mol. The minimum atomic E-state index is -0.264. The average molecular weight is 366 g/mol. The molecule has 26 heavy (non-hydrogen) atoms. The fourth-order valence-corrected chi connectivity index (χ4v) is 3.13. The second-order valence-corrected chi connectivity index (χ2v) is 6.36. The third kappa shape index (κ3) is 4.34. The Morgan fingerprint density at radius 2 is 2.00 bits per heavy atom. The molecule has 1 aliphatic heterocycles. The largest absolute Gasteiger partial charge is 0.493 e. The van der Waals surface area contributed by atoms with Crippen molar-refractivity contribution in [1.29, 1.82) is 0 Å². The van der Waals surface area contributed by atoms with Crippen LogP contribution in [0.4, 0.5) is 5.69 Å². The summed E-state index contributed by atoms with van der Waals surface area (Å²) in [6.07, 6.45) is 3.46. The van der Waals surface area contributed by atoms with Gasteiger partial charge in [-0.2, -0.15) is 4.99 Å². The van der Waals surface area contributed by atoms with Gasteiger partial charge >= 0.3 is 0 Å². The summed E-state index contributed by atoms with van der Waals surface area (Å²) in [7, 11) is 1.58. The van der Waals surface area contributed by atoms with Crippen molar-refractivity contribution in [3.63, 3.8) is 0 Å². The molecule has 0 atom stereocenters. The Morgan fingerprint density at radius 1 is 1.19 bits per heavy atom. The third-order valence-electron chi connectivity index (χ3n) is 3.49. The zero-order valence-corrected chi connectivity index (χ0v) is 15.1. The van der Waals surface area contributed by atoms with Crippen molar-refractivity contribution in [2.75, 3.05) is 19.0 Å². The van der Waals surface area contributed by atoms with Crippen LogP contribution in [-0.4, -0.2) is 24.8 Å². The molecule has 0 spiro atoms. The molecule has 6 heteroatoms. The maximum Gasteiger partial charge on any atom is 0.286 e. The number of hydrogen-bond donors (Lipinski definition) is 1. The topological polar surface area (TPSA) is 59.9 Å². The Morgan fingerprint density at radius 3 is 2.73 bits per heavy atom. The van der Waals surface area contributed by atoms with Gasteiger partial charge in [0.1, 0.15) is 6.61 Å². The van der Waals surface area contributed by atoms with Crippen LogP contribution in [0, 0.1) is 0 Å². The minimum Gasteiger partial charge on any atom is -0.493 e. The van der Waals surface area contributed by atoms with Crippen LogP contribution in [-0.2, 0) is 4.79 Å². The SMILES string of the molecule is C=CCOc1ccc(C=C2SC(Nc3ccccc3)=NC2=O)cc1OC. The molecule has 1 heterocycles. The number of hydrogen-bond acceptors (Lipinski definition) is 5. The molecule has 0 aromatic heterocycles. The second-order valence-electron chi connectivity index (χ2n) is 5.33. The van der Waals surface area contributed by atoms with Crippen LogP contribution in [0.3, 0.4) is 0 Å². The Hall–Kier alpha value is -2.99. The number of methoxy groups -OCH3 is 1. The van der Waals surface area contributed by atoms with Gasteiger partial charge in [0, 0.05) is 5.69 Å². The van der Waals surface area contributed by atoms with Crippen molar-refractivity contribution in [1.82, 2.24) is 0 Å². The van der Waals surface area contributed by atoms with Crippen LogP contribution < -0.4 is 14.8 Å². The summed E-state index contributed by atoms with van der Waals surface area (Å²) < 4.78 is 10.9. The van der Waals surface area contributed by atoms with E-state index in [1.165, 1.54) is 11.8 Å². The standard InChI is InChI=1S/C20H18N2O3S/c1-3-11-25-16-10-9-14(12-17(16)24-2)13-18-19(23)22-20(26-18)21-15-7-5-4-6-8-15/h3-10,12-13H,1,11H2,2H3,(H,21,22,23). The van der Waals surface area contributed by atoms with E-state index in [4.69, 9.17) is 9.47 Å². The number of carbonyl (C=O) groups is 1. The molecule has 0 radical (unpaired) electrons. The van der Waals surface area contributed by atoms with E-state index in [0.717, 1.165) is 11.3 Å². The zero-order valence-electron chi connectivity index (χ0n) is 14.3. The van der Waals surface area contributed by atoms with E-state index in [1.807, 2.05) is 48.5 Å². The number of para-hydroxylation sites is 1. The average Bonchev–Trinajstić information content (AvgIpc) is 3.00.